The summed E-state index contributed by atoms with van der Waals surface area (Å²) in [4.78, 5) is 22.8. The highest BCUT2D eigenvalue weighted by Gasteiger charge is 2.20. The van der Waals surface area contributed by atoms with Gasteiger partial charge in [0.25, 0.3) is 5.91 Å². The standard InChI is InChI=1S/C24H19FN6O2/c25-20-14-17(24(32)30-9-11-33-12-10-30)3-4-19(20)21-6-8-31-23(29-21)18(15-28-31)2-1-16-5-7-27-22(26)13-16/h3-8,13-15H,9-12H2,(H2,26,27). The van der Waals surface area contributed by atoms with E-state index in [1.54, 1.807) is 58.3 Å². The topological polar surface area (TPSA) is 98.6 Å². The second-order valence-corrected chi connectivity index (χ2v) is 7.46. The number of benzene rings is 1. The molecule has 4 aromatic rings. The van der Waals surface area contributed by atoms with E-state index in [9.17, 15) is 9.18 Å². The third kappa shape index (κ3) is 4.24. The zero-order valence-electron chi connectivity index (χ0n) is 17.5. The molecule has 33 heavy (non-hydrogen) atoms. The first-order valence-electron chi connectivity index (χ1n) is 10.3. The number of pyridine rings is 1. The molecule has 3 aromatic heterocycles. The summed E-state index contributed by atoms with van der Waals surface area (Å²) in [6.45, 7) is 1.97. The van der Waals surface area contributed by atoms with Gasteiger partial charge in [-0.2, -0.15) is 5.10 Å². The molecule has 1 aromatic carbocycles. The van der Waals surface area contributed by atoms with Crippen LogP contribution in [0.5, 0.6) is 0 Å². The molecule has 9 heteroatoms. The molecule has 0 aliphatic carbocycles. The van der Waals surface area contributed by atoms with Gasteiger partial charge < -0.3 is 15.4 Å². The van der Waals surface area contributed by atoms with Crippen molar-refractivity contribution in [2.24, 2.45) is 0 Å². The normalized spacial score (nSPS) is 13.5. The summed E-state index contributed by atoms with van der Waals surface area (Å²) in [6.07, 6.45) is 4.88. The van der Waals surface area contributed by atoms with Crippen LogP contribution in [0.25, 0.3) is 16.9 Å². The van der Waals surface area contributed by atoms with E-state index < -0.39 is 5.82 Å². The van der Waals surface area contributed by atoms with E-state index in [2.05, 4.69) is 26.9 Å². The van der Waals surface area contributed by atoms with Crippen LogP contribution in [0.2, 0.25) is 0 Å². The molecule has 0 radical (unpaired) electrons. The first kappa shape index (κ1) is 20.6. The molecule has 0 atom stereocenters. The van der Waals surface area contributed by atoms with Crippen molar-refractivity contribution in [3.05, 3.63) is 77.5 Å². The van der Waals surface area contributed by atoms with Gasteiger partial charge in [-0.05, 0) is 36.4 Å². The minimum Gasteiger partial charge on any atom is -0.384 e. The maximum atomic E-state index is 15.0. The molecule has 0 unspecified atom stereocenters. The van der Waals surface area contributed by atoms with Crippen molar-refractivity contribution in [2.45, 2.75) is 0 Å². The van der Waals surface area contributed by atoms with Crippen molar-refractivity contribution in [1.29, 1.82) is 0 Å². The van der Waals surface area contributed by atoms with Crippen LogP contribution >= 0.6 is 0 Å². The number of carbonyl (C=O) groups is 1. The van der Waals surface area contributed by atoms with E-state index in [0.29, 0.717) is 60.2 Å². The molecule has 2 N–H and O–H groups in total. The Morgan fingerprint density at radius 2 is 1.97 bits per heavy atom. The summed E-state index contributed by atoms with van der Waals surface area (Å²) in [5.74, 6) is 5.69. The number of halogens is 1. The van der Waals surface area contributed by atoms with E-state index in [-0.39, 0.29) is 11.5 Å². The SMILES string of the molecule is Nc1cc(C#Cc2cnn3ccc(-c4ccc(C(=O)N5CCOCC5)cc4F)nc23)ccn1. The van der Waals surface area contributed by atoms with Gasteiger partial charge in [-0.25, -0.2) is 18.9 Å². The van der Waals surface area contributed by atoms with Crippen LogP contribution in [0.1, 0.15) is 21.5 Å². The first-order valence-corrected chi connectivity index (χ1v) is 10.3. The van der Waals surface area contributed by atoms with Gasteiger partial charge in [-0.1, -0.05) is 11.8 Å². The Labute approximate surface area is 188 Å². The number of ether oxygens (including phenoxy) is 1. The zero-order chi connectivity index (χ0) is 22.8. The molecule has 1 saturated heterocycles. The lowest BCUT2D eigenvalue weighted by Gasteiger charge is -2.26. The van der Waals surface area contributed by atoms with Crippen molar-refractivity contribution in [3.8, 4) is 23.1 Å². The number of hydrogen-bond donors (Lipinski definition) is 1. The van der Waals surface area contributed by atoms with Crippen LogP contribution < -0.4 is 5.73 Å². The highest BCUT2D eigenvalue weighted by atomic mass is 19.1. The average molecular weight is 442 g/mol. The van der Waals surface area contributed by atoms with Gasteiger partial charge in [0.05, 0.1) is 30.7 Å². The summed E-state index contributed by atoms with van der Waals surface area (Å²) in [6, 6.07) is 9.54. The van der Waals surface area contributed by atoms with Crippen LogP contribution in [0, 0.1) is 17.7 Å². The highest BCUT2D eigenvalue weighted by molar-refractivity contribution is 5.94. The number of nitrogen functional groups attached to an aromatic ring is 1. The van der Waals surface area contributed by atoms with E-state index in [1.165, 1.54) is 6.07 Å². The van der Waals surface area contributed by atoms with Gasteiger partial charge in [0.1, 0.15) is 11.6 Å². The minimum atomic E-state index is -0.523. The number of anilines is 1. The molecule has 0 saturated carbocycles. The number of carbonyl (C=O) groups excluding carboxylic acids is 1. The minimum absolute atomic E-state index is 0.211. The maximum absolute atomic E-state index is 15.0. The van der Waals surface area contributed by atoms with E-state index in [0.717, 1.165) is 0 Å². The summed E-state index contributed by atoms with van der Waals surface area (Å²) < 4.78 is 21.8. The van der Waals surface area contributed by atoms with E-state index in [4.69, 9.17) is 10.5 Å². The highest BCUT2D eigenvalue weighted by Crippen LogP contribution is 2.24. The fraction of sp³-hybridized carbons (Fsp3) is 0.167. The number of nitrogens with zero attached hydrogens (tertiary/aromatic N) is 5. The van der Waals surface area contributed by atoms with Gasteiger partial charge in [-0.3, -0.25) is 4.79 Å². The second kappa shape index (κ2) is 8.68. The Kier molecular flexibility index (Phi) is 5.42. The molecule has 8 nitrogen and oxygen atoms in total. The van der Waals surface area contributed by atoms with Gasteiger partial charge in [0, 0.05) is 42.2 Å². The van der Waals surface area contributed by atoms with Crippen molar-refractivity contribution in [1.82, 2.24) is 24.5 Å². The monoisotopic (exact) mass is 442 g/mol. The Morgan fingerprint density at radius 3 is 2.76 bits per heavy atom. The lowest BCUT2D eigenvalue weighted by Crippen LogP contribution is -2.40. The van der Waals surface area contributed by atoms with Crippen LogP contribution in [0.3, 0.4) is 0 Å². The Balaban J connectivity index is 1.45. The molecule has 0 bridgehead atoms. The summed E-state index contributed by atoms with van der Waals surface area (Å²) >= 11 is 0. The number of fused-ring (bicyclic) bond motifs is 1. The Bertz CT molecular complexity index is 1420. The van der Waals surface area contributed by atoms with Gasteiger partial charge in [-0.15, -0.1) is 0 Å². The summed E-state index contributed by atoms with van der Waals surface area (Å²) in [7, 11) is 0. The number of aromatic nitrogens is 4. The van der Waals surface area contributed by atoms with Crippen LogP contribution in [0.4, 0.5) is 10.2 Å². The number of morpholine rings is 1. The van der Waals surface area contributed by atoms with Gasteiger partial charge in [0.2, 0.25) is 0 Å². The molecule has 0 spiro atoms. The summed E-state index contributed by atoms with van der Waals surface area (Å²) in [5, 5.41) is 4.26. The largest absolute Gasteiger partial charge is 0.384 e. The summed E-state index contributed by atoms with van der Waals surface area (Å²) in [5.41, 5.74) is 8.50. The Morgan fingerprint density at radius 1 is 1.12 bits per heavy atom. The first-order chi connectivity index (χ1) is 16.1. The number of hydrogen-bond acceptors (Lipinski definition) is 6. The molecular formula is C24H19FN6O2. The smallest absolute Gasteiger partial charge is 0.254 e. The molecule has 1 aliphatic heterocycles. The van der Waals surface area contributed by atoms with Crippen molar-refractivity contribution >= 4 is 17.4 Å². The van der Waals surface area contributed by atoms with Crippen molar-refractivity contribution in [2.75, 3.05) is 32.0 Å². The maximum Gasteiger partial charge on any atom is 0.254 e. The van der Waals surface area contributed by atoms with E-state index in [1.807, 2.05) is 0 Å². The predicted molar refractivity (Wildman–Crippen MR) is 120 cm³/mol. The molecule has 5 rings (SSSR count). The van der Waals surface area contributed by atoms with Crippen LogP contribution in [-0.4, -0.2) is 56.7 Å². The fourth-order valence-electron chi connectivity index (χ4n) is 3.58. The van der Waals surface area contributed by atoms with Crippen molar-refractivity contribution < 1.29 is 13.9 Å². The van der Waals surface area contributed by atoms with Crippen LogP contribution in [0.15, 0.2) is 55.0 Å². The van der Waals surface area contributed by atoms with Gasteiger partial charge >= 0.3 is 0 Å². The molecule has 4 heterocycles. The molecule has 1 amide bonds. The van der Waals surface area contributed by atoms with Gasteiger partial charge in [0.15, 0.2) is 5.65 Å². The number of rotatable bonds is 2. The second-order valence-electron chi connectivity index (χ2n) is 7.46. The fourth-order valence-corrected chi connectivity index (χ4v) is 3.58. The molecular weight excluding hydrogens is 423 g/mol. The predicted octanol–water partition coefficient (Wildman–Crippen LogP) is 2.38. The zero-order valence-corrected chi connectivity index (χ0v) is 17.5. The molecule has 1 fully saturated rings. The van der Waals surface area contributed by atoms with E-state index >= 15 is 0 Å². The number of nitrogens with two attached hydrogens (primary N) is 1. The van der Waals surface area contributed by atoms with Crippen molar-refractivity contribution in [3.63, 3.8) is 0 Å². The molecule has 1 aliphatic rings. The third-order valence-corrected chi connectivity index (χ3v) is 5.28. The molecule has 164 valence electrons. The number of amides is 1. The van der Waals surface area contributed by atoms with Crippen LogP contribution in [-0.2, 0) is 4.74 Å². The average Bonchev–Trinajstić information content (AvgIpc) is 3.25. The quantitative estimate of drug-likeness (QED) is 0.479. The lowest BCUT2D eigenvalue weighted by molar-refractivity contribution is 0.0302. The Hall–Kier alpha value is -4.29. The third-order valence-electron chi connectivity index (χ3n) is 5.28. The lowest BCUT2D eigenvalue weighted by atomic mass is 10.1.